The third-order valence-corrected chi connectivity index (χ3v) is 5.97. The van der Waals surface area contributed by atoms with Crippen molar-refractivity contribution < 1.29 is 4.79 Å². The van der Waals surface area contributed by atoms with Gasteiger partial charge in [-0.05, 0) is 44.5 Å². The van der Waals surface area contributed by atoms with Gasteiger partial charge < -0.3 is 0 Å². The van der Waals surface area contributed by atoms with E-state index in [1.54, 1.807) is 6.92 Å². The summed E-state index contributed by atoms with van der Waals surface area (Å²) in [5.41, 5.74) is 4.58. The van der Waals surface area contributed by atoms with Gasteiger partial charge in [-0.25, -0.2) is 9.50 Å². The minimum Gasteiger partial charge on any atom is -0.299 e. The van der Waals surface area contributed by atoms with E-state index in [2.05, 4.69) is 26.8 Å². The Hall–Kier alpha value is -1.85. The van der Waals surface area contributed by atoms with Crippen LogP contribution >= 0.6 is 23.4 Å². The molecular weight excluding hydrogens is 378 g/mol. The molecule has 0 N–H and O–H groups in total. The van der Waals surface area contributed by atoms with Crippen LogP contribution in [0.2, 0.25) is 5.02 Å². The van der Waals surface area contributed by atoms with Crippen LogP contribution in [0.25, 0.3) is 16.8 Å². The summed E-state index contributed by atoms with van der Waals surface area (Å²) in [5, 5.41) is 6.21. The van der Waals surface area contributed by atoms with E-state index in [-0.39, 0.29) is 16.4 Å². The number of aryl methyl sites for hydroxylation is 1. The second kappa shape index (κ2) is 7.28. The molecule has 1 unspecified atom stereocenters. The third-order valence-electron chi connectivity index (χ3n) is 4.50. The van der Waals surface area contributed by atoms with E-state index < -0.39 is 0 Å². The largest absolute Gasteiger partial charge is 0.299 e. The molecule has 142 valence electrons. The fraction of sp³-hybridized carbons (Fsp3) is 0.381. The van der Waals surface area contributed by atoms with Crippen LogP contribution in [0.3, 0.4) is 0 Å². The van der Waals surface area contributed by atoms with Crippen LogP contribution in [0.4, 0.5) is 0 Å². The summed E-state index contributed by atoms with van der Waals surface area (Å²) in [7, 11) is 0. The lowest BCUT2D eigenvalue weighted by Crippen LogP contribution is -2.16. The molecule has 0 spiro atoms. The maximum Gasteiger partial charge on any atom is 0.164 e. The molecule has 0 aliphatic carbocycles. The summed E-state index contributed by atoms with van der Waals surface area (Å²) < 4.78 is 1.86. The highest BCUT2D eigenvalue weighted by Crippen LogP contribution is 2.34. The van der Waals surface area contributed by atoms with E-state index in [0.29, 0.717) is 5.02 Å². The van der Waals surface area contributed by atoms with E-state index in [1.807, 2.05) is 42.6 Å². The predicted octanol–water partition coefficient (Wildman–Crippen LogP) is 5.73. The molecule has 3 rings (SSSR count). The van der Waals surface area contributed by atoms with Gasteiger partial charge in [0, 0.05) is 16.0 Å². The van der Waals surface area contributed by atoms with Crippen molar-refractivity contribution in [1.29, 1.82) is 0 Å². The number of ketones is 1. The van der Waals surface area contributed by atoms with Gasteiger partial charge in [-0.3, -0.25) is 4.79 Å². The first-order chi connectivity index (χ1) is 12.6. The van der Waals surface area contributed by atoms with E-state index in [1.165, 1.54) is 11.8 Å². The van der Waals surface area contributed by atoms with Crippen molar-refractivity contribution >= 4 is 34.8 Å². The number of benzene rings is 1. The maximum absolute atomic E-state index is 11.8. The molecule has 27 heavy (non-hydrogen) atoms. The zero-order valence-corrected chi connectivity index (χ0v) is 18.1. The second-order valence-corrected chi connectivity index (χ2v) is 9.60. The standard InChI is InChI=1S/C21H24ClN3OS/c1-12-19(15-7-9-16(22)10-8-15)20-23-17(21(4,5)6)11-18(25(20)24-12)27-14(3)13(2)26/h7-11,14H,1-6H3. The Morgan fingerprint density at radius 3 is 2.41 bits per heavy atom. The molecule has 1 aromatic carbocycles. The lowest BCUT2D eigenvalue weighted by molar-refractivity contribution is -0.116. The Labute approximate surface area is 169 Å². The molecule has 6 heteroatoms. The Balaban J connectivity index is 2.28. The Morgan fingerprint density at radius 1 is 1.22 bits per heavy atom. The molecule has 0 saturated heterocycles. The van der Waals surface area contributed by atoms with Gasteiger partial charge in [-0.2, -0.15) is 5.10 Å². The average Bonchev–Trinajstić information content (AvgIpc) is 2.91. The van der Waals surface area contributed by atoms with Crippen molar-refractivity contribution in [3.8, 4) is 11.1 Å². The number of halogens is 1. The number of carbonyl (C=O) groups excluding carboxylic acids is 1. The molecule has 0 aliphatic heterocycles. The first-order valence-electron chi connectivity index (χ1n) is 8.92. The van der Waals surface area contributed by atoms with Crippen LogP contribution in [0.15, 0.2) is 35.4 Å². The van der Waals surface area contributed by atoms with Gasteiger partial charge in [-0.1, -0.05) is 56.3 Å². The zero-order chi connectivity index (χ0) is 19.9. The van der Waals surface area contributed by atoms with Crippen molar-refractivity contribution in [3.05, 3.63) is 46.7 Å². The third kappa shape index (κ3) is 4.04. The quantitative estimate of drug-likeness (QED) is 0.414. The minimum absolute atomic E-state index is 0.119. The second-order valence-electron chi connectivity index (χ2n) is 7.80. The topological polar surface area (TPSA) is 47.3 Å². The molecule has 2 aromatic heterocycles. The zero-order valence-electron chi connectivity index (χ0n) is 16.5. The van der Waals surface area contributed by atoms with Crippen molar-refractivity contribution in [2.75, 3.05) is 0 Å². The molecular formula is C21H24ClN3OS. The van der Waals surface area contributed by atoms with Gasteiger partial charge in [0.2, 0.25) is 0 Å². The number of rotatable bonds is 4. The van der Waals surface area contributed by atoms with E-state index in [0.717, 1.165) is 33.2 Å². The molecule has 1 atom stereocenters. The summed E-state index contributed by atoms with van der Waals surface area (Å²) in [6.45, 7) is 11.9. The molecule has 4 nitrogen and oxygen atoms in total. The van der Waals surface area contributed by atoms with Gasteiger partial charge in [0.25, 0.3) is 0 Å². The van der Waals surface area contributed by atoms with Crippen LogP contribution in [0.5, 0.6) is 0 Å². The number of thioether (sulfide) groups is 1. The normalized spacial score (nSPS) is 13.1. The monoisotopic (exact) mass is 401 g/mol. The fourth-order valence-electron chi connectivity index (χ4n) is 2.78. The van der Waals surface area contributed by atoms with Gasteiger partial charge in [0.15, 0.2) is 5.65 Å². The number of fused-ring (bicyclic) bond motifs is 1. The number of Topliss-reactive ketones (excluding diaryl/α,β-unsaturated/α-hetero) is 1. The lowest BCUT2D eigenvalue weighted by atomic mass is 9.92. The van der Waals surface area contributed by atoms with E-state index in [9.17, 15) is 4.79 Å². The smallest absolute Gasteiger partial charge is 0.164 e. The van der Waals surface area contributed by atoms with Crippen molar-refractivity contribution in [3.63, 3.8) is 0 Å². The number of hydrogen-bond acceptors (Lipinski definition) is 4. The molecule has 0 amide bonds. The highest BCUT2D eigenvalue weighted by molar-refractivity contribution is 8.00. The number of hydrogen-bond donors (Lipinski definition) is 0. The Morgan fingerprint density at radius 2 is 1.85 bits per heavy atom. The van der Waals surface area contributed by atoms with Crippen molar-refractivity contribution in [2.24, 2.45) is 0 Å². The Bertz CT molecular complexity index is 1000. The SMILES string of the molecule is CC(=O)C(C)Sc1cc(C(C)(C)C)nc2c(-c3ccc(Cl)cc3)c(C)nn12. The van der Waals surface area contributed by atoms with E-state index in [4.69, 9.17) is 21.7 Å². The number of nitrogens with zero attached hydrogens (tertiary/aromatic N) is 3. The summed E-state index contributed by atoms with van der Waals surface area (Å²) in [6.07, 6.45) is 0. The van der Waals surface area contributed by atoms with Crippen molar-refractivity contribution in [1.82, 2.24) is 14.6 Å². The molecule has 0 saturated carbocycles. The molecule has 0 radical (unpaired) electrons. The maximum atomic E-state index is 11.8. The van der Waals surface area contributed by atoms with Crippen LogP contribution in [-0.4, -0.2) is 25.6 Å². The summed E-state index contributed by atoms with van der Waals surface area (Å²) >= 11 is 7.58. The summed E-state index contributed by atoms with van der Waals surface area (Å²) in [4.78, 5) is 16.8. The number of carbonyl (C=O) groups is 1. The van der Waals surface area contributed by atoms with Crippen LogP contribution < -0.4 is 0 Å². The molecule has 0 aliphatic rings. The van der Waals surface area contributed by atoms with E-state index >= 15 is 0 Å². The molecule has 2 heterocycles. The van der Waals surface area contributed by atoms with Gasteiger partial charge in [0.1, 0.15) is 10.8 Å². The molecule has 0 fully saturated rings. The highest BCUT2D eigenvalue weighted by atomic mass is 35.5. The molecule has 0 bridgehead atoms. The first kappa shape index (κ1) is 19.9. The van der Waals surface area contributed by atoms with Gasteiger partial charge in [0.05, 0.1) is 16.6 Å². The van der Waals surface area contributed by atoms with Crippen LogP contribution in [0, 0.1) is 6.92 Å². The predicted molar refractivity (Wildman–Crippen MR) is 113 cm³/mol. The molecule has 3 aromatic rings. The number of aromatic nitrogens is 3. The lowest BCUT2D eigenvalue weighted by Gasteiger charge is -2.20. The van der Waals surface area contributed by atoms with Gasteiger partial charge in [-0.15, -0.1) is 0 Å². The van der Waals surface area contributed by atoms with Gasteiger partial charge >= 0.3 is 0 Å². The van der Waals surface area contributed by atoms with Crippen LogP contribution in [0.1, 0.15) is 46.0 Å². The first-order valence-corrected chi connectivity index (χ1v) is 10.2. The minimum atomic E-state index is -0.146. The highest BCUT2D eigenvalue weighted by Gasteiger charge is 2.23. The summed E-state index contributed by atoms with van der Waals surface area (Å²) in [5.74, 6) is 0.143. The Kier molecular flexibility index (Phi) is 5.37. The van der Waals surface area contributed by atoms with Crippen molar-refractivity contribution in [2.45, 2.75) is 57.2 Å². The fourth-order valence-corrected chi connectivity index (χ4v) is 3.84. The summed E-state index contributed by atoms with van der Waals surface area (Å²) in [6, 6.07) is 9.78. The van der Waals surface area contributed by atoms with Crippen LogP contribution in [-0.2, 0) is 10.2 Å². The average molecular weight is 402 g/mol.